The van der Waals surface area contributed by atoms with Gasteiger partial charge in [0.15, 0.2) is 0 Å². The van der Waals surface area contributed by atoms with Gasteiger partial charge < -0.3 is 5.73 Å². The predicted octanol–water partition coefficient (Wildman–Crippen LogP) is 4.79. The highest BCUT2D eigenvalue weighted by Crippen LogP contribution is 2.36. The summed E-state index contributed by atoms with van der Waals surface area (Å²) in [6, 6.07) is 3.48. The fraction of sp³-hybridized carbons (Fsp3) is 0.538. The van der Waals surface area contributed by atoms with Crippen molar-refractivity contribution in [1.29, 1.82) is 0 Å². The van der Waals surface area contributed by atoms with Gasteiger partial charge in [-0.15, -0.1) is 0 Å². The summed E-state index contributed by atoms with van der Waals surface area (Å²) in [6.07, 6.45) is -2.90. The van der Waals surface area contributed by atoms with Gasteiger partial charge in [0.25, 0.3) is 0 Å². The van der Waals surface area contributed by atoms with Gasteiger partial charge in [-0.2, -0.15) is 13.2 Å². The molecule has 0 unspecified atom stereocenters. The lowest BCUT2D eigenvalue weighted by Gasteiger charge is -2.16. The minimum atomic E-state index is -4.44. The Labute approximate surface area is 110 Å². The van der Waals surface area contributed by atoms with Crippen molar-refractivity contribution in [1.82, 2.24) is 0 Å². The van der Waals surface area contributed by atoms with Crippen molar-refractivity contribution in [3.63, 3.8) is 0 Å². The van der Waals surface area contributed by atoms with Gasteiger partial charge in [-0.05, 0) is 36.5 Å². The molecule has 0 fully saturated rings. The van der Waals surface area contributed by atoms with Crippen molar-refractivity contribution in [2.24, 2.45) is 11.7 Å². The summed E-state index contributed by atoms with van der Waals surface area (Å²) in [5, 5.41) is -0.290. The molecule has 0 radical (unpaired) electrons. The molecule has 0 heterocycles. The lowest BCUT2D eigenvalue weighted by molar-refractivity contribution is -0.137. The molecular weight excluding hydrogens is 263 g/mol. The lowest BCUT2D eigenvalue weighted by atomic mass is 9.97. The summed E-state index contributed by atoms with van der Waals surface area (Å²) in [5.74, 6) is 0.477. The average molecular weight is 280 g/mol. The highest BCUT2D eigenvalue weighted by molar-refractivity contribution is 6.31. The zero-order valence-electron chi connectivity index (χ0n) is 10.4. The highest BCUT2D eigenvalue weighted by Gasteiger charge is 2.33. The fourth-order valence-electron chi connectivity index (χ4n) is 1.67. The Balaban J connectivity index is 2.91. The maximum absolute atomic E-state index is 12.7. The summed E-state index contributed by atoms with van der Waals surface area (Å²) in [7, 11) is 0. The first-order valence-electron chi connectivity index (χ1n) is 5.84. The summed E-state index contributed by atoms with van der Waals surface area (Å²) in [6.45, 7) is 4.10. The topological polar surface area (TPSA) is 26.0 Å². The Morgan fingerprint density at radius 2 is 1.83 bits per heavy atom. The molecule has 0 saturated heterocycles. The normalized spacial score (nSPS) is 14.0. The molecule has 1 nitrogen and oxygen atoms in total. The van der Waals surface area contributed by atoms with E-state index >= 15 is 0 Å². The molecule has 0 aliphatic carbocycles. The summed E-state index contributed by atoms with van der Waals surface area (Å²) < 4.78 is 38.0. The number of halogens is 4. The van der Waals surface area contributed by atoms with E-state index in [1.54, 1.807) is 6.07 Å². The molecule has 0 aliphatic heterocycles. The lowest BCUT2D eigenvalue weighted by Crippen LogP contribution is -2.13. The maximum Gasteiger partial charge on any atom is 0.417 e. The highest BCUT2D eigenvalue weighted by atomic mass is 35.5. The number of hydrogen-bond acceptors (Lipinski definition) is 1. The van der Waals surface area contributed by atoms with Crippen LogP contribution in [0.2, 0.25) is 5.02 Å². The van der Waals surface area contributed by atoms with Gasteiger partial charge in [-0.25, -0.2) is 0 Å². The van der Waals surface area contributed by atoms with E-state index in [1.807, 2.05) is 0 Å². The molecule has 1 atom stereocenters. The first kappa shape index (κ1) is 15.3. The Kier molecular flexibility index (Phi) is 5.05. The van der Waals surface area contributed by atoms with Gasteiger partial charge in [0.1, 0.15) is 0 Å². The number of hydrogen-bond donors (Lipinski definition) is 1. The van der Waals surface area contributed by atoms with Crippen molar-refractivity contribution in [2.75, 3.05) is 0 Å². The fourth-order valence-corrected chi connectivity index (χ4v) is 1.90. The zero-order valence-corrected chi connectivity index (χ0v) is 11.1. The van der Waals surface area contributed by atoms with Crippen LogP contribution in [0.4, 0.5) is 13.2 Å². The number of alkyl halides is 3. The summed E-state index contributed by atoms with van der Waals surface area (Å²) in [4.78, 5) is 0. The van der Waals surface area contributed by atoms with Gasteiger partial charge in [0.05, 0.1) is 10.6 Å². The Morgan fingerprint density at radius 1 is 1.22 bits per heavy atom. The van der Waals surface area contributed by atoms with E-state index in [1.165, 1.54) is 6.07 Å². The van der Waals surface area contributed by atoms with Gasteiger partial charge in [-0.1, -0.05) is 31.5 Å². The van der Waals surface area contributed by atoms with E-state index < -0.39 is 11.7 Å². The molecule has 0 bridgehead atoms. The van der Waals surface area contributed by atoms with E-state index in [2.05, 4.69) is 13.8 Å². The van der Waals surface area contributed by atoms with Gasteiger partial charge >= 0.3 is 6.18 Å². The quantitative estimate of drug-likeness (QED) is 0.842. The predicted molar refractivity (Wildman–Crippen MR) is 67.5 cm³/mol. The van der Waals surface area contributed by atoms with Crippen LogP contribution in [0.25, 0.3) is 0 Å². The first-order chi connectivity index (χ1) is 8.21. The third kappa shape index (κ3) is 4.18. The molecule has 1 aromatic carbocycles. The van der Waals surface area contributed by atoms with Crippen molar-refractivity contribution in [3.05, 3.63) is 34.3 Å². The monoisotopic (exact) mass is 279 g/mol. The first-order valence-corrected chi connectivity index (χ1v) is 6.22. The second-order valence-electron chi connectivity index (χ2n) is 4.81. The zero-order chi connectivity index (χ0) is 13.9. The van der Waals surface area contributed by atoms with Crippen LogP contribution in [0.15, 0.2) is 18.2 Å². The molecule has 2 N–H and O–H groups in total. The molecule has 102 valence electrons. The van der Waals surface area contributed by atoms with Gasteiger partial charge in [0.2, 0.25) is 0 Å². The van der Waals surface area contributed by atoms with Crippen LogP contribution in [0, 0.1) is 5.92 Å². The van der Waals surface area contributed by atoms with Gasteiger partial charge in [0, 0.05) is 6.04 Å². The smallest absolute Gasteiger partial charge is 0.324 e. The standard InChI is InChI=1S/C13H17ClF3N/c1-8(2)3-6-12(18)9-4-5-11(14)10(7-9)13(15,16)17/h4-5,7-8,12H,3,6,18H2,1-2H3/t12-/m1/s1. The third-order valence-corrected chi connectivity index (χ3v) is 3.11. The molecule has 18 heavy (non-hydrogen) atoms. The second kappa shape index (κ2) is 5.93. The molecule has 0 amide bonds. The average Bonchev–Trinajstić information content (AvgIpc) is 2.24. The third-order valence-electron chi connectivity index (χ3n) is 2.78. The molecule has 1 aromatic rings. The van der Waals surface area contributed by atoms with E-state index in [9.17, 15) is 13.2 Å². The summed E-state index contributed by atoms with van der Waals surface area (Å²) >= 11 is 5.55. The van der Waals surface area contributed by atoms with Crippen LogP contribution >= 0.6 is 11.6 Å². The van der Waals surface area contributed by atoms with Crippen molar-refractivity contribution in [2.45, 2.75) is 38.9 Å². The van der Waals surface area contributed by atoms with Crippen LogP contribution < -0.4 is 5.73 Å². The van der Waals surface area contributed by atoms with Gasteiger partial charge in [-0.3, -0.25) is 0 Å². The van der Waals surface area contributed by atoms with Crippen molar-refractivity contribution < 1.29 is 13.2 Å². The molecular formula is C13H17ClF3N. The largest absolute Gasteiger partial charge is 0.417 e. The molecule has 0 saturated carbocycles. The van der Waals surface area contributed by atoms with Crippen LogP contribution in [0.3, 0.4) is 0 Å². The molecule has 1 rings (SSSR count). The molecule has 0 aromatic heterocycles. The molecule has 0 spiro atoms. The van der Waals surface area contributed by atoms with E-state index in [0.29, 0.717) is 17.9 Å². The Morgan fingerprint density at radius 3 is 2.33 bits per heavy atom. The van der Waals surface area contributed by atoms with Crippen molar-refractivity contribution in [3.8, 4) is 0 Å². The minimum Gasteiger partial charge on any atom is -0.324 e. The van der Waals surface area contributed by atoms with Crippen LogP contribution in [0.5, 0.6) is 0 Å². The molecule has 5 heteroatoms. The van der Waals surface area contributed by atoms with Crippen LogP contribution in [0.1, 0.15) is 43.9 Å². The Bertz CT molecular complexity index is 402. The number of rotatable bonds is 4. The van der Waals surface area contributed by atoms with E-state index in [-0.39, 0.29) is 11.1 Å². The second-order valence-corrected chi connectivity index (χ2v) is 5.22. The van der Waals surface area contributed by atoms with Crippen LogP contribution in [-0.4, -0.2) is 0 Å². The summed E-state index contributed by atoms with van der Waals surface area (Å²) in [5.41, 5.74) is 5.56. The SMILES string of the molecule is CC(C)CC[C@@H](N)c1ccc(Cl)c(C(F)(F)F)c1. The van der Waals surface area contributed by atoms with E-state index in [0.717, 1.165) is 12.5 Å². The van der Waals surface area contributed by atoms with Crippen LogP contribution in [-0.2, 0) is 6.18 Å². The number of benzene rings is 1. The molecule has 0 aliphatic rings. The van der Waals surface area contributed by atoms with Crippen molar-refractivity contribution >= 4 is 11.6 Å². The van der Waals surface area contributed by atoms with E-state index in [4.69, 9.17) is 17.3 Å². The Hall–Kier alpha value is -0.740. The number of nitrogens with two attached hydrogens (primary N) is 1. The maximum atomic E-state index is 12.7. The minimum absolute atomic E-state index is 0.290.